The first kappa shape index (κ1) is 24.4. The van der Waals surface area contributed by atoms with E-state index in [1.807, 2.05) is 17.8 Å². The minimum Gasteiger partial charge on any atom is -0.479 e. The van der Waals surface area contributed by atoms with Gasteiger partial charge in [0.1, 0.15) is 29.5 Å². The Bertz CT molecular complexity index is 1200. The van der Waals surface area contributed by atoms with E-state index in [0.717, 1.165) is 12.1 Å². The molecule has 0 spiro atoms. The van der Waals surface area contributed by atoms with Crippen LogP contribution in [0.3, 0.4) is 0 Å². The maximum absolute atomic E-state index is 14.9. The Balaban J connectivity index is 1.92. The van der Waals surface area contributed by atoms with Gasteiger partial charge in [0.25, 0.3) is 12.3 Å². The molecule has 2 N–H and O–H groups in total. The quantitative estimate of drug-likeness (QED) is 0.461. The molecule has 1 heterocycles. The van der Waals surface area contributed by atoms with E-state index in [1.54, 1.807) is 6.07 Å². The number of carbonyl (C=O) groups excluding carboxylic acids is 1. The van der Waals surface area contributed by atoms with Gasteiger partial charge in [0.05, 0.1) is 28.8 Å². The van der Waals surface area contributed by atoms with Crippen molar-refractivity contribution in [3.05, 3.63) is 48.3 Å². The van der Waals surface area contributed by atoms with Crippen molar-refractivity contribution in [2.24, 2.45) is 4.36 Å². The molecule has 3 rings (SSSR count). The molecule has 7 nitrogen and oxygen atoms in total. The molecule has 0 saturated heterocycles. The fraction of sp³-hybridized carbons (Fsp3) is 0.286. The lowest BCUT2D eigenvalue weighted by molar-refractivity contribution is -0.127. The van der Waals surface area contributed by atoms with E-state index in [2.05, 4.69) is 19.6 Å². The second-order valence-electron chi connectivity index (χ2n) is 7.07. The number of carbonyl (C=O) groups is 1. The molecule has 1 aromatic heterocycles. The number of ether oxygens (including phenoxy) is 1. The highest BCUT2D eigenvalue weighted by Crippen LogP contribution is 2.33. The highest BCUT2D eigenvalue weighted by Gasteiger charge is 2.19. The number of nitrogens with zero attached hydrogens (tertiary/aromatic N) is 3. The summed E-state index contributed by atoms with van der Waals surface area (Å²) in [5, 5.41) is 4.99. The van der Waals surface area contributed by atoms with Gasteiger partial charge in [-0.1, -0.05) is 0 Å². The Morgan fingerprint density at radius 3 is 2.64 bits per heavy atom. The number of alkyl halides is 2. The predicted molar refractivity (Wildman–Crippen MR) is 120 cm³/mol. The molecule has 0 fully saturated rings. The number of fused-ring (bicyclic) bond motifs is 1. The molecule has 0 aliphatic carbocycles. The molecule has 176 valence electrons. The summed E-state index contributed by atoms with van der Waals surface area (Å²) >= 11 is 0. The van der Waals surface area contributed by atoms with Crippen LogP contribution in [0, 0.1) is 11.6 Å². The highest BCUT2D eigenvalue weighted by molar-refractivity contribution is 7.85. The maximum Gasteiger partial charge on any atom is 0.260 e. The first-order valence-electron chi connectivity index (χ1n) is 9.67. The minimum atomic E-state index is -2.72. The third-order valence-electron chi connectivity index (χ3n) is 4.26. The Kier molecular flexibility index (Phi) is 7.79. The van der Waals surface area contributed by atoms with E-state index in [1.165, 1.54) is 25.4 Å². The average Bonchev–Trinajstić information content (AvgIpc) is 2.73. The highest BCUT2D eigenvalue weighted by atomic mass is 32.2. The molecule has 0 aliphatic rings. The van der Waals surface area contributed by atoms with E-state index in [-0.39, 0.29) is 33.3 Å². The zero-order valence-corrected chi connectivity index (χ0v) is 18.7. The van der Waals surface area contributed by atoms with Crippen molar-refractivity contribution < 1.29 is 27.1 Å². The van der Waals surface area contributed by atoms with Gasteiger partial charge in [-0.3, -0.25) is 4.79 Å². The number of anilines is 2. The number of hydrogen-bond acceptors (Lipinski definition) is 6. The van der Waals surface area contributed by atoms with Crippen molar-refractivity contribution in [3.8, 4) is 5.75 Å². The van der Waals surface area contributed by atoms with E-state index in [9.17, 15) is 22.4 Å². The van der Waals surface area contributed by atoms with Gasteiger partial charge in [0.15, 0.2) is 6.10 Å². The lowest BCUT2D eigenvalue weighted by Gasteiger charge is -2.18. The second-order valence-corrected chi connectivity index (χ2v) is 8.80. The van der Waals surface area contributed by atoms with Gasteiger partial charge in [0.2, 0.25) is 0 Å². The molecule has 0 unspecified atom stereocenters. The zero-order valence-electron chi connectivity index (χ0n) is 17.9. The SMILES string of the molecule is C[C@@H](Oc1cc(F)ccc1Nc1ncnc2cc(N=S(C)C)cc(F)c12)C(=O)NCC(F)F. The lowest BCUT2D eigenvalue weighted by Crippen LogP contribution is -2.38. The average molecular weight is 483 g/mol. The topological polar surface area (TPSA) is 88.5 Å². The maximum atomic E-state index is 14.9. The van der Waals surface area contributed by atoms with Crippen LogP contribution < -0.4 is 15.4 Å². The van der Waals surface area contributed by atoms with Crippen molar-refractivity contribution in [2.45, 2.75) is 19.5 Å². The Hall–Kier alpha value is -3.28. The van der Waals surface area contributed by atoms with Crippen LogP contribution in [0.1, 0.15) is 6.92 Å². The summed E-state index contributed by atoms with van der Waals surface area (Å²) in [4.78, 5) is 20.2. The Labute approximate surface area is 189 Å². The van der Waals surface area contributed by atoms with Crippen molar-refractivity contribution in [1.82, 2.24) is 15.3 Å². The first-order chi connectivity index (χ1) is 15.6. The van der Waals surface area contributed by atoms with Crippen LogP contribution in [0.2, 0.25) is 0 Å². The van der Waals surface area contributed by atoms with Gasteiger partial charge in [-0.25, -0.2) is 31.9 Å². The fourth-order valence-corrected chi connectivity index (χ4v) is 3.40. The van der Waals surface area contributed by atoms with Crippen molar-refractivity contribution in [3.63, 3.8) is 0 Å². The third-order valence-corrected chi connectivity index (χ3v) is 4.84. The van der Waals surface area contributed by atoms with Crippen molar-refractivity contribution in [1.29, 1.82) is 0 Å². The number of benzene rings is 2. The zero-order chi connectivity index (χ0) is 24.1. The second kappa shape index (κ2) is 10.6. The van der Waals surface area contributed by atoms with Crippen LogP contribution in [0.5, 0.6) is 5.75 Å². The molecule has 0 radical (unpaired) electrons. The Morgan fingerprint density at radius 2 is 1.94 bits per heavy atom. The molecule has 0 saturated carbocycles. The van der Waals surface area contributed by atoms with Crippen LogP contribution in [0.25, 0.3) is 10.9 Å². The van der Waals surface area contributed by atoms with Gasteiger partial charge in [-0.2, -0.15) is 0 Å². The summed E-state index contributed by atoms with van der Waals surface area (Å²) in [6.07, 6.45) is 1.09. The largest absolute Gasteiger partial charge is 0.479 e. The molecule has 12 heteroatoms. The number of nitrogens with one attached hydrogen (secondary N) is 2. The Morgan fingerprint density at radius 1 is 1.18 bits per heavy atom. The van der Waals surface area contributed by atoms with Crippen molar-refractivity contribution >= 4 is 44.7 Å². The first-order valence-corrected chi connectivity index (χ1v) is 11.7. The molecule has 2 aromatic carbocycles. The molecule has 1 atom stereocenters. The van der Waals surface area contributed by atoms with Crippen LogP contribution in [-0.2, 0) is 15.5 Å². The summed E-state index contributed by atoms with van der Waals surface area (Å²) in [5.74, 6) is -2.07. The van der Waals surface area contributed by atoms with Crippen molar-refractivity contribution in [2.75, 3.05) is 24.4 Å². The van der Waals surface area contributed by atoms with Gasteiger partial charge in [-0.15, -0.1) is 10.7 Å². The molecular formula is C21H21F4N5O2S. The number of hydrogen-bond donors (Lipinski definition) is 2. The van der Waals surface area contributed by atoms with Crippen LogP contribution >= 0.6 is 0 Å². The van der Waals surface area contributed by atoms with Crippen LogP contribution in [-0.4, -0.2) is 47.5 Å². The van der Waals surface area contributed by atoms with Gasteiger partial charge in [-0.05, 0) is 37.6 Å². The summed E-state index contributed by atoms with van der Waals surface area (Å²) in [6.45, 7) is 0.494. The van der Waals surface area contributed by atoms with Gasteiger partial charge < -0.3 is 15.4 Å². The lowest BCUT2D eigenvalue weighted by atomic mass is 10.2. The third kappa shape index (κ3) is 6.37. The minimum absolute atomic E-state index is 0.0848. The fourth-order valence-electron chi connectivity index (χ4n) is 2.88. The summed E-state index contributed by atoms with van der Waals surface area (Å²) in [5.41, 5.74) is 0.926. The smallest absolute Gasteiger partial charge is 0.260 e. The van der Waals surface area contributed by atoms with E-state index >= 15 is 0 Å². The van der Waals surface area contributed by atoms with Gasteiger partial charge >= 0.3 is 0 Å². The van der Waals surface area contributed by atoms with Crippen LogP contribution in [0.4, 0.5) is 34.8 Å². The summed E-state index contributed by atoms with van der Waals surface area (Å²) < 4.78 is 63.3. The van der Waals surface area contributed by atoms with E-state index in [4.69, 9.17) is 4.74 Å². The molecular weight excluding hydrogens is 462 g/mol. The number of aromatic nitrogens is 2. The molecule has 0 aliphatic heterocycles. The number of rotatable bonds is 8. The molecule has 33 heavy (non-hydrogen) atoms. The van der Waals surface area contributed by atoms with Gasteiger partial charge in [0, 0.05) is 12.1 Å². The predicted octanol–water partition coefficient (Wildman–Crippen LogP) is 4.49. The van der Waals surface area contributed by atoms with Crippen LogP contribution in [0.15, 0.2) is 41.0 Å². The monoisotopic (exact) mass is 483 g/mol. The van der Waals surface area contributed by atoms with E-state index in [0.29, 0.717) is 11.2 Å². The molecule has 0 bridgehead atoms. The molecule has 1 amide bonds. The summed E-state index contributed by atoms with van der Waals surface area (Å²) in [6, 6.07) is 6.36. The number of halogens is 4. The molecule has 3 aromatic rings. The standard InChI is InChI=1S/C21H21F4N5O2S/c1-11(21(31)26-9-18(24)25)32-17-6-12(22)4-5-15(17)29-20-19-14(23)7-13(30-33(2)3)8-16(19)27-10-28-20/h4-8,10-11,18H,9H2,1-3H3,(H,26,31)(H,27,28,29)/t11-/m1/s1. The number of amides is 1. The summed E-state index contributed by atoms with van der Waals surface area (Å²) in [7, 11) is -0.301. The van der Waals surface area contributed by atoms with E-state index < -0.39 is 36.6 Å². The normalized spacial score (nSPS) is 12.2.